The highest BCUT2D eigenvalue weighted by Gasteiger charge is 2.54. The van der Waals surface area contributed by atoms with Gasteiger partial charge in [-0.2, -0.15) is 0 Å². The minimum absolute atomic E-state index is 0.0313. The van der Waals surface area contributed by atoms with Crippen LogP contribution in [0.15, 0.2) is 32.7 Å². The molecule has 2 aromatic rings. The molecule has 0 N–H and O–H groups in total. The number of aldehydes is 1. The number of nitro benzene ring substituents is 1. The lowest BCUT2D eigenvalue weighted by molar-refractivity contribution is -0.384. The van der Waals surface area contributed by atoms with Crippen molar-refractivity contribution in [2.24, 2.45) is 17.8 Å². The van der Waals surface area contributed by atoms with E-state index in [1.807, 2.05) is 0 Å². The zero-order valence-corrected chi connectivity index (χ0v) is 15.5. The fourth-order valence-corrected chi connectivity index (χ4v) is 6.52. The molecule has 6 rings (SSSR count). The van der Waals surface area contributed by atoms with Crippen LogP contribution in [0.5, 0.6) is 0 Å². The van der Waals surface area contributed by atoms with Crippen molar-refractivity contribution in [3.63, 3.8) is 0 Å². The Balaban J connectivity index is 1.40. The SMILES string of the molecule is O=Cc1cc([N+](=O)[O-])ccc1Sc1nnc(C23CC4CC(CC(C4)C2)C3)o1. The minimum atomic E-state index is -0.515. The molecule has 4 bridgehead atoms. The zero-order valence-electron chi connectivity index (χ0n) is 14.7. The third-order valence-electron chi connectivity index (χ3n) is 6.43. The molecule has 4 fully saturated rings. The van der Waals surface area contributed by atoms with E-state index in [0.29, 0.717) is 16.4 Å². The van der Waals surface area contributed by atoms with E-state index in [4.69, 9.17) is 4.42 Å². The smallest absolute Gasteiger partial charge is 0.281 e. The van der Waals surface area contributed by atoms with E-state index < -0.39 is 4.92 Å². The summed E-state index contributed by atoms with van der Waals surface area (Å²) in [6.07, 6.45) is 8.08. The number of aromatic nitrogens is 2. The molecule has 8 heteroatoms. The van der Waals surface area contributed by atoms with Gasteiger partial charge in [0.05, 0.1) is 4.92 Å². The van der Waals surface area contributed by atoms with E-state index in [1.54, 1.807) is 6.07 Å². The first kappa shape index (κ1) is 16.9. The van der Waals surface area contributed by atoms with Crippen LogP contribution in [0.1, 0.15) is 54.8 Å². The van der Waals surface area contributed by atoms with Crippen LogP contribution in [-0.4, -0.2) is 21.4 Å². The summed E-state index contributed by atoms with van der Waals surface area (Å²) in [6, 6.07) is 4.21. The second kappa shape index (κ2) is 6.15. The Labute approximate surface area is 160 Å². The standard InChI is InChI=1S/C19H19N3O4S/c23-10-14-6-15(22(24)25)1-2-16(14)27-18-21-20-17(26-18)19-7-11-3-12(8-19)5-13(4-11)9-19/h1-2,6,10-13H,3-5,7-9H2. The molecule has 1 aromatic heterocycles. The van der Waals surface area contributed by atoms with Crippen molar-refractivity contribution in [2.75, 3.05) is 0 Å². The molecule has 27 heavy (non-hydrogen) atoms. The number of carbonyl (C=O) groups excluding carboxylic acids is 1. The molecule has 4 aliphatic carbocycles. The van der Waals surface area contributed by atoms with Gasteiger partial charge >= 0.3 is 0 Å². The maximum atomic E-state index is 11.3. The summed E-state index contributed by atoms with van der Waals surface area (Å²) < 4.78 is 6.04. The van der Waals surface area contributed by atoms with Crippen LogP contribution in [0, 0.1) is 27.9 Å². The van der Waals surface area contributed by atoms with Crippen molar-refractivity contribution in [3.8, 4) is 0 Å². The van der Waals surface area contributed by atoms with Crippen molar-refractivity contribution < 1.29 is 14.1 Å². The number of nitro groups is 1. The molecule has 1 aromatic carbocycles. The van der Waals surface area contributed by atoms with Crippen LogP contribution >= 0.6 is 11.8 Å². The van der Waals surface area contributed by atoms with Crippen LogP contribution in [-0.2, 0) is 5.41 Å². The number of nitrogens with zero attached hydrogens (tertiary/aromatic N) is 3. The molecule has 4 saturated carbocycles. The summed E-state index contributed by atoms with van der Waals surface area (Å²) in [5.74, 6) is 3.10. The molecule has 4 aliphatic rings. The minimum Gasteiger partial charge on any atom is -0.415 e. The molecule has 0 amide bonds. The fraction of sp³-hybridized carbons (Fsp3) is 0.526. The molecule has 0 radical (unpaired) electrons. The third-order valence-corrected chi connectivity index (χ3v) is 7.36. The Morgan fingerprint density at radius 2 is 1.81 bits per heavy atom. The van der Waals surface area contributed by atoms with E-state index >= 15 is 0 Å². The van der Waals surface area contributed by atoms with Crippen LogP contribution in [0.25, 0.3) is 0 Å². The third kappa shape index (κ3) is 2.86. The summed E-state index contributed by atoms with van der Waals surface area (Å²) in [4.78, 5) is 22.3. The zero-order chi connectivity index (χ0) is 18.6. The molecule has 1 heterocycles. The second-order valence-electron chi connectivity index (χ2n) is 8.27. The highest BCUT2D eigenvalue weighted by molar-refractivity contribution is 7.99. The Kier molecular flexibility index (Phi) is 3.86. The molecular weight excluding hydrogens is 366 g/mol. The lowest BCUT2D eigenvalue weighted by atomic mass is 9.49. The Hall–Kier alpha value is -2.22. The molecule has 0 saturated heterocycles. The number of hydrogen-bond donors (Lipinski definition) is 0. The topological polar surface area (TPSA) is 99.1 Å². The molecule has 0 unspecified atom stereocenters. The molecule has 0 atom stereocenters. The number of carbonyl (C=O) groups is 1. The monoisotopic (exact) mass is 385 g/mol. The molecule has 0 spiro atoms. The normalized spacial score (nSPS) is 31.2. The average molecular weight is 385 g/mol. The van der Waals surface area contributed by atoms with Crippen molar-refractivity contribution >= 4 is 23.7 Å². The first-order valence-corrected chi connectivity index (χ1v) is 10.1. The maximum absolute atomic E-state index is 11.3. The number of non-ortho nitro benzene ring substituents is 1. The van der Waals surface area contributed by atoms with Gasteiger partial charge in [0.15, 0.2) is 6.29 Å². The quantitative estimate of drug-likeness (QED) is 0.427. The first-order chi connectivity index (χ1) is 13.0. The summed E-state index contributed by atoms with van der Waals surface area (Å²) in [5, 5.41) is 19.8. The van der Waals surface area contributed by atoms with E-state index in [2.05, 4.69) is 10.2 Å². The van der Waals surface area contributed by atoms with Crippen molar-refractivity contribution in [2.45, 2.75) is 54.1 Å². The van der Waals surface area contributed by atoms with Gasteiger partial charge in [0.1, 0.15) is 0 Å². The van der Waals surface area contributed by atoms with Gasteiger partial charge in [-0.3, -0.25) is 14.9 Å². The maximum Gasteiger partial charge on any atom is 0.281 e. The molecular formula is C19H19N3O4S. The highest BCUT2D eigenvalue weighted by Crippen LogP contribution is 2.60. The first-order valence-electron chi connectivity index (χ1n) is 9.30. The van der Waals surface area contributed by atoms with Gasteiger partial charge in [-0.15, -0.1) is 10.2 Å². The Morgan fingerprint density at radius 1 is 1.15 bits per heavy atom. The van der Waals surface area contributed by atoms with E-state index in [9.17, 15) is 14.9 Å². The Bertz CT molecular complexity index is 890. The molecule has 0 aliphatic heterocycles. The van der Waals surface area contributed by atoms with E-state index in [1.165, 1.54) is 43.2 Å². The van der Waals surface area contributed by atoms with Crippen molar-refractivity contribution in [1.82, 2.24) is 10.2 Å². The second-order valence-corrected chi connectivity index (χ2v) is 9.26. The van der Waals surface area contributed by atoms with Crippen LogP contribution in [0.4, 0.5) is 5.69 Å². The average Bonchev–Trinajstić information content (AvgIpc) is 3.10. The summed E-state index contributed by atoms with van der Waals surface area (Å²) >= 11 is 1.19. The van der Waals surface area contributed by atoms with Gasteiger partial charge in [-0.05, 0) is 74.1 Å². The van der Waals surface area contributed by atoms with Gasteiger partial charge < -0.3 is 4.42 Å². The summed E-state index contributed by atoms with van der Waals surface area (Å²) in [7, 11) is 0. The van der Waals surface area contributed by atoms with Crippen LogP contribution < -0.4 is 0 Å². The van der Waals surface area contributed by atoms with Gasteiger partial charge in [0, 0.05) is 28.0 Å². The summed E-state index contributed by atoms with van der Waals surface area (Å²) in [6.45, 7) is 0. The Morgan fingerprint density at radius 3 is 2.41 bits per heavy atom. The van der Waals surface area contributed by atoms with E-state index in [-0.39, 0.29) is 16.7 Å². The largest absolute Gasteiger partial charge is 0.415 e. The molecule has 7 nitrogen and oxygen atoms in total. The predicted octanol–water partition coefficient (Wildman–Crippen LogP) is 4.41. The van der Waals surface area contributed by atoms with Gasteiger partial charge in [-0.1, -0.05) is 0 Å². The number of hydrogen-bond acceptors (Lipinski definition) is 7. The van der Waals surface area contributed by atoms with Gasteiger partial charge in [0.25, 0.3) is 10.9 Å². The predicted molar refractivity (Wildman–Crippen MR) is 96.8 cm³/mol. The number of rotatable bonds is 5. The van der Waals surface area contributed by atoms with Crippen LogP contribution in [0.3, 0.4) is 0 Å². The van der Waals surface area contributed by atoms with Crippen LogP contribution in [0.2, 0.25) is 0 Å². The fourth-order valence-electron chi connectivity index (χ4n) is 5.77. The van der Waals surface area contributed by atoms with Gasteiger partial charge in [0.2, 0.25) is 5.89 Å². The highest BCUT2D eigenvalue weighted by atomic mass is 32.2. The van der Waals surface area contributed by atoms with Crippen molar-refractivity contribution in [1.29, 1.82) is 0 Å². The van der Waals surface area contributed by atoms with Crippen molar-refractivity contribution in [3.05, 3.63) is 39.8 Å². The van der Waals surface area contributed by atoms with E-state index in [0.717, 1.165) is 42.9 Å². The number of benzene rings is 1. The summed E-state index contributed by atoms with van der Waals surface area (Å²) in [5.41, 5.74) is 0.175. The lowest BCUT2D eigenvalue weighted by Crippen LogP contribution is -2.48. The molecule has 140 valence electrons. The van der Waals surface area contributed by atoms with Gasteiger partial charge in [-0.25, -0.2) is 0 Å². The lowest BCUT2D eigenvalue weighted by Gasteiger charge is -2.55.